The molecule has 2 N–H and O–H groups in total. The zero-order chi connectivity index (χ0) is 14.0. The molecule has 0 aliphatic heterocycles. The van der Waals surface area contributed by atoms with Gasteiger partial charge >= 0.3 is 0 Å². The van der Waals surface area contributed by atoms with Crippen LogP contribution < -0.4 is 5.32 Å². The molecule has 1 aromatic heterocycles. The summed E-state index contributed by atoms with van der Waals surface area (Å²) >= 11 is 0. The van der Waals surface area contributed by atoms with Crippen molar-refractivity contribution < 1.29 is 9.90 Å². The Labute approximate surface area is 114 Å². The van der Waals surface area contributed by atoms with Gasteiger partial charge in [-0.05, 0) is 38.5 Å². The Morgan fingerprint density at radius 2 is 2.21 bits per heavy atom. The highest BCUT2D eigenvalue weighted by Gasteiger charge is 2.32. The number of nitrogens with zero attached hydrogens (tertiary/aromatic N) is 2. The fourth-order valence-corrected chi connectivity index (χ4v) is 2.54. The van der Waals surface area contributed by atoms with E-state index in [1.807, 2.05) is 14.0 Å². The minimum Gasteiger partial charge on any atom is -0.388 e. The lowest BCUT2D eigenvalue weighted by atomic mass is 9.79. The van der Waals surface area contributed by atoms with Gasteiger partial charge < -0.3 is 10.4 Å². The summed E-state index contributed by atoms with van der Waals surface area (Å²) in [5.74, 6) is 0.522. The molecule has 1 heterocycles. The highest BCUT2D eigenvalue weighted by atomic mass is 16.3. The van der Waals surface area contributed by atoms with Crippen molar-refractivity contribution in [2.24, 2.45) is 13.0 Å². The number of rotatable bonds is 3. The van der Waals surface area contributed by atoms with Gasteiger partial charge in [0, 0.05) is 19.3 Å². The van der Waals surface area contributed by atoms with Crippen molar-refractivity contribution in [2.45, 2.75) is 45.1 Å². The van der Waals surface area contributed by atoms with Crippen molar-refractivity contribution in [3.63, 3.8) is 0 Å². The van der Waals surface area contributed by atoms with E-state index in [-0.39, 0.29) is 5.91 Å². The quantitative estimate of drug-likeness (QED) is 0.868. The summed E-state index contributed by atoms with van der Waals surface area (Å²) < 4.78 is 1.67. The van der Waals surface area contributed by atoms with Crippen LogP contribution >= 0.6 is 0 Å². The maximum absolute atomic E-state index is 12.1. The van der Waals surface area contributed by atoms with Crippen LogP contribution in [0, 0.1) is 12.8 Å². The van der Waals surface area contributed by atoms with Crippen molar-refractivity contribution in [1.29, 1.82) is 0 Å². The molecule has 0 saturated heterocycles. The average Bonchev–Trinajstić information content (AvgIpc) is 2.72. The summed E-state index contributed by atoms with van der Waals surface area (Å²) in [6.07, 6.45) is 5.15. The Balaban J connectivity index is 1.92. The molecule has 5 heteroatoms. The molecular weight excluding hydrogens is 242 g/mol. The maximum atomic E-state index is 12.1. The number of carbonyl (C=O) groups is 1. The Kier molecular flexibility index (Phi) is 3.94. The molecule has 0 aromatic carbocycles. The third kappa shape index (κ3) is 3.15. The van der Waals surface area contributed by atoms with Gasteiger partial charge in [-0.1, -0.05) is 6.92 Å². The second-order valence-corrected chi connectivity index (χ2v) is 5.86. The zero-order valence-electron chi connectivity index (χ0n) is 11.9. The molecule has 1 fully saturated rings. The molecule has 0 unspecified atom stereocenters. The molecule has 5 nitrogen and oxygen atoms in total. The van der Waals surface area contributed by atoms with Crippen LogP contribution in [0.4, 0.5) is 0 Å². The number of aromatic nitrogens is 2. The molecule has 2 rings (SSSR count). The fraction of sp³-hybridized carbons (Fsp3) is 0.714. The van der Waals surface area contributed by atoms with E-state index in [1.165, 1.54) is 0 Å². The molecule has 0 spiro atoms. The molecule has 0 atom stereocenters. The molecule has 0 radical (unpaired) electrons. The third-order valence-electron chi connectivity index (χ3n) is 4.26. The van der Waals surface area contributed by atoms with E-state index in [1.54, 1.807) is 10.9 Å². The molecule has 1 aromatic rings. The van der Waals surface area contributed by atoms with E-state index in [0.717, 1.165) is 31.4 Å². The number of hydrogen-bond acceptors (Lipinski definition) is 3. The summed E-state index contributed by atoms with van der Waals surface area (Å²) in [6.45, 7) is 4.39. The summed E-state index contributed by atoms with van der Waals surface area (Å²) in [5, 5.41) is 17.3. The topological polar surface area (TPSA) is 67.2 Å². The van der Waals surface area contributed by atoms with E-state index in [2.05, 4.69) is 17.3 Å². The van der Waals surface area contributed by atoms with Crippen LogP contribution in [-0.4, -0.2) is 32.9 Å². The number of nitrogens with one attached hydrogen (secondary N) is 1. The van der Waals surface area contributed by atoms with Crippen LogP contribution in [-0.2, 0) is 7.05 Å². The van der Waals surface area contributed by atoms with E-state index in [4.69, 9.17) is 0 Å². The van der Waals surface area contributed by atoms with Crippen LogP contribution in [0.5, 0.6) is 0 Å². The normalized spacial score (nSPS) is 27.3. The predicted octanol–water partition coefficient (Wildman–Crippen LogP) is 1.40. The van der Waals surface area contributed by atoms with Crippen LogP contribution in [0.25, 0.3) is 0 Å². The SMILES string of the molecule is Cc1c(C(=O)NCC2(O)CCC(C)CC2)cnn1C. The first kappa shape index (κ1) is 14.1. The summed E-state index contributed by atoms with van der Waals surface area (Å²) in [7, 11) is 1.81. The van der Waals surface area contributed by atoms with E-state index in [0.29, 0.717) is 18.0 Å². The minimum atomic E-state index is -0.738. The second-order valence-electron chi connectivity index (χ2n) is 5.86. The van der Waals surface area contributed by atoms with Gasteiger partial charge in [-0.2, -0.15) is 5.10 Å². The largest absolute Gasteiger partial charge is 0.388 e. The monoisotopic (exact) mass is 265 g/mol. The van der Waals surface area contributed by atoms with E-state index in [9.17, 15) is 9.90 Å². The molecule has 0 bridgehead atoms. The van der Waals surface area contributed by atoms with E-state index >= 15 is 0 Å². The van der Waals surface area contributed by atoms with Crippen LogP contribution in [0.2, 0.25) is 0 Å². The molecular formula is C14H23N3O2. The number of aliphatic hydroxyl groups is 1. The molecule has 1 amide bonds. The van der Waals surface area contributed by atoms with Gasteiger partial charge in [-0.15, -0.1) is 0 Å². The minimum absolute atomic E-state index is 0.155. The van der Waals surface area contributed by atoms with Gasteiger partial charge in [0.2, 0.25) is 0 Å². The lowest BCUT2D eigenvalue weighted by Crippen LogP contribution is -2.45. The molecule has 106 valence electrons. The van der Waals surface area contributed by atoms with Crippen LogP contribution in [0.3, 0.4) is 0 Å². The lowest BCUT2D eigenvalue weighted by molar-refractivity contribution is -0.00540. The molecule has 1 aliphatic carbocycles. The van der Waals surface area contributed by atoms with Crippen molar-refractivity contribution in [2.75, 3.05) is 6.54 Å². The highest BCUT2D eigenvalue weighted by Crippen LogP contribution is 2.31. The highest BCUT2D eigenvalue weighted by molar-refractivity contribution is 5.95. The Bertz CT molecular complexity index is 459. The van der Waals surface area contributed by atoms with Gasteiger partial charge in [-0.25, -0.2) is 0 Å². The Morgan fingerprint density at radius 3 is 2.74 bits per heavy atom. The maximum Gasteiger partial charge on any atom is 0.254 e. The van der Waals surface area contributed by atoms with Crippen LogP contribution in [0.1, 0.15) is 48.7 Å². The molecule has 1 saturated carbocycles. The first-order chi connectivity index (χ1) is 8.91. The summed E-state index contributed by atoms with van der Waals surface area (Å²) in [4.78, 5) is 12.1. The van der Waals surface area contributed by atoms with Crippen molar-refractivity contribution in [3.05, 3.63) is 17.5 Å². The third-order valence-corrected chi connectivity index (χ3v) is 4.26. The second kappa shape index (κ2) is 5.33. The number of amides is 1. The molecule has 1 aliphatic rings. The van der Waals surface area contributed by atoms with Gasteiger partial charge in [0.25, 0.3) is 5.91 Å². The van der Waals surface area contributed by atoms with E-state index < -0.39 is 5.60 Å². The standard InChI is InChI=1S/C14H23N3O2/c1-10-4-6-14(19,7-5-10)9-15-13(18)12-8-16-17(3)11(12)2/h8,10,19H,4-7,9H2,1-3H3,(H,15,18). The number of hydrogen-bond donors (Lipinski definition) is 2. The smallest absolute Gasteiger partial charge is 0.254 e. The van der Waals surface area contributed by atoms with Gasteiger partial charge in [0.1, 0.15) is 0 Å². The Morgan fingerprint density at radius 1 is 1.58 bits per heavy atom. The first-order valence-corrected chi connectivity index (χ1v) is 6.90. The number of aryl methyl sites for hydroxylation is 1. The summed E-state index contributed by atoms with van der Waals surface area (Å²) in [6, 6.07) is 0. The molecule has 19 heavy (non-hydrogen) atoms. The summed E-state index contributed by atoms with van der Waals surface area (Å²) in [5.41, 5.74) is 0.676. The zero-order valence-corrected chi connectivity index (χ0v) is 11.9. The number of carbonyl (C=O) groups excluding carboxylic acids is 1. The van der Waals surface area contributed by atoms with Gasteiger partial charge in [0.05, 0.1) is 17.4 Å². The van der Waals surface area contributed by atoms with Crippen molar-refractivity contribution in [1.82, 2.24) is 15.1 Å². The Hall–Kier alpha value is -1.36. The fourth-order valence-electron chi connectivity index (χ4n) is 2.54. The lowest BCUT2D eigenvalue weighted by Gasteiger charge is -2.34. The van der Waals surface area contributed by atoms with Crippen LogP contribution in [0.15, 0.2) is 6.20 Å². The van der Waals surface area contributed by atoms with Crippen molar-refractivity contribution >= 4 is 5.91 Å². The predicted molar refractivity (Wildman–Crippen MR) is 72.9 cm³/mol. The first-order valence-electron chi connectivity index (χ1n) is 6.90. The average molecular weight is 265 g/mol. The van der Waals surface area contributed by atoms with Gasteiger partial charge in [-0.3, -0.25) is 9.48 Å². The van der Waals surface area contributed by atoms with Crippen molar-refractivity contribution in [3.8, 4) is 0 Å². The van der Waals surface area contributed by atoms with Gasteiger partial charge in [0.15, 0.2) is 0 Å².